The highest BCUT2D eigenvalue weighted by molar-refractivity contribution is 5.36. The summed E-state index contributed by atoms with van der Waals surface area (Å²) in [4.78, 5) is 3.31. The van der Waals surface area contributed by atoms with Gasteiger partial charge in [-0.15, -0.1) is 0 Å². The van der Waals surface area contributed by atoms with Gasteiger partial charge in [0.2, 0.25) is 0 Å². The molecule has 0 aromatic carbocycles. The van der Waals surface area contributed by atoms with Crippen LogP contribution in [0.1, 0.15) is 24.1 Å². The Balaban J connectivity index is 2.16. The van der Waals surface area contributed by atoms with Crippen molar-refractivity contribution in [3.8, 4) is 0 Å². The molecule has 0 atom stereocenters. The second kappa shape index (κ2) is 1.69. The minimum absolute atomic E-state index is 0.410. The van der Waals surface area contributed by atoms with Crippen LogP contribution in [0, 0.1) is 0 Å². The van der Waals surface area contributed by atoms with Crippen molar-refractivity contribution in [2.75, 3.05) is 6.54 Å². The largest absolute Gasteiger partial charge is 0.365 e. The maximum Gasteiger partial charge on any atom is 0.0454 e. The van der Waals surface area contributed by atoms with Crippen molar-refractivity contribution >= 4 is 0 Å². The first-order valence-electron chi connectivity index (χ1n) is 4.32. The molecule has 0 amide bonds. The molecule has 0 radical (unpaired) electrons. The van der Waals surface area contributed by atoms with E-state index in [1.165, 1.54) is 30.5 Å². The van der Waals surface area contributed by atoms with Crippen LogP contribution < -0.4 is 5.32 Å². The van der Waals surface area contributed by atoms with Gasteiger partial charge < -0.3 is 10.3 Å². The molecule has 1 aliphatic heterocycles. The smallest absolute Gasteiger partial charge is 0.0454 e. The van der Waals surface area contributed by atoms with E-state index in [0.717, 1.165) is 6.54 Å². The van der Waals surface area contributed by atoms with Crippen molar-refractivity contribution in [1.29, 1.82) is 0 Å². The molecular weight excluding hydrogens is 136 g/mol. The van der Waals surface area contributed by atoms with Crippen molar-refractivity contribution in [3.05, 3.63) is 23.5 Å². The van der Waals surface area contributed by atoms with Gasteiger partial charge in [-0.3, -0.25) is 0 Å². The fourth-order valence-corrected chi connectivity index (χ4v) is 2.15. The van der Waals surface area contributed by atoms with Crippen molar-refractivity contribution in [3.63, 3.8) is 0 Å². The summed E-state index contributed by atoms with van der Waals surface area (Å²) in [5, 5.41) is 3.59. The molecule has 2 N–H and O–H groups in total. The van der Waals surface area contributed by atoms with Crippen molar-refractivity contribution in [1.82, 2.24) is 10.3 Å². The lowest BCUT2D eigenvalue weighted by atomic mass is 9.99. The number of rotatable bonds is 0. The van der Waals surface area contributed by atoms with Gasteiger partial charge >= 0.3 is 0 Å². The van der Waals surface area contributed by atoms with Gasteiger partial charge in [-0.25, -0.2) is 0 Å². The number of H-pyrrole nitrogens is 1. The second-order valence-corrected chi connectivity index (χ2v) is 3.63. The van der Waals surface area contributed by atoms with Crippen LogP contribution in [0.15, 0.2) is 12.3 Å². The monoisotopic (exact) mass is 148 g/mol. The summed E-state index contributed by atoms with van der Waals surface area (Å²) in [7, 11) is 0. The van der Waals surface area contributed by atoms with E-state index in [4.69, 9.17) is 0 Å². The first-order valence-corrected chi connectivity index (χ1v) is 4.32. The average molecular weight is 148 g/mol. The van der Waals surface area contributed by atoms with Crippen LogP contribution in [0.4, 0.5) is 0 Å². The Bertz CT molecular complexity index is 284. The van der Waals surface area contributed by atoms with Gasteiger partial charge in [-0.1, -0.05) is 0 Å². The third-order valence-electron chi connectivity index (χ3n) is 2.94. The average Bonchev–Trinajstić information content (AvgIpc) is 2.63. The maximum atomic E-state index is 3.59. The van der Waals surface area contributed by atoms with Crippen LogP contribution in [0.25, 0.3) is 0 Å². The minimum Gasteiger partial charge on any atom is -0.365 e. The van der Waals surface area contributed by atoms with Crippen molar-refractivity contribution in [2.24, 2.45) is 0 Å². The van der Waals surface area contributed by atoms with Gasteiger partial charge in [-0.2, -0.15) is 0 Å². The first-order chi connectivity index (χ1) is 5.41. The Hall–Kier alpha value is -0.760. The van der Waals surface area contributed by atoms with Gasteiger partial charge in [0.15, 0.2) is 0 Å². The number of hydrogen-bond donors (Lipinski definition) is 2. The molecule has 58 valence electrons. The Kier molecular flexibility index (Phi) is 0.899. The van der Waals surface area contributed by atoms with Crippen LogP contribution in [0.3, 0.4) is 0 Å². The van der Waals surface area contributed by atoms with Gasteiger partial charge in [0, 0.05) is 30.4 Å². The summed E-state index contributed by atoms with van der Waals surface area (Å²) in [6.07, 6.45) is 5.90. The zero-order valence-electron chi connectivity index (χ0n) is 6.48. The molecule has 1 fully saturated rings. The number of hydrogen-bond acceptors (Lipinski definition) is 1. The number of fused-ring (bicyclic) bond motifs is 2. The zero-order chi connectivity index (χ0) is 7.31. The fraction of sp³-hybridized carbons (Fsp3) is 0.556. The molecule has 3 rings (SSSR count). The Labute approximate surface area is 66.0 Å². The highest BCUT2D eigenvalue weighted by Crippen LogP contribution is 2.48. The Morgan fingerprint density at radius 2 is 2.27 bits per heavy atom. The fourth-order valence-electron chi connectivity index (χ4n) is 2.15. The summed E-state index contributed by atoms with van der Waals surface area (Å²) in [6.45, 7) is 1.15. The van der Waals surface area contributed by atoms with Gasteiger partial charge in [-0.05, 0) is 24.5 Å². The molecule has 0 unspecified atom stereocenters. The maximum absolute atomic E-state index is 3.59. The lowest BCUT2D eigenvalue weighted by Crippen LogP contribution is -2.35. The summed E-state index contributed by atoms with van der Waals surface area (Å²) in [5.41, 5.74) is 3.40. The number of aromatic nitrogens is 1. The van der Waals surface area contributed by atoms with E-state index in [1.807, 2.05) is 0 Å². The Morgan fingerprint density at radius 1 is 1.36 bits per heavy atom. The number of nitrogens with one attached hydrogen (secondary N) is 2. The molecule has 2 heterocycles. The van der Waals surface area contributed by atoms with E-state index >= 15 is 0 Å². The third kappa shape index (κ3) is 0.653. The molecule has 2 nitrogen and oxygen atoms in total. The van der Waals surface area contributed by atoms with Crippen molar-refractivity contribution in [2.45, 2.75) is 24.8 Å². The molecule has 1 aromatic rings. The van der Waals surface area contributed by atoms with Crippen LogP contribution >= 0.6 is 0 Å². The lowest BCUT2D eigenvalue weighted by molar-refractivity contribution is 0.487. The summed E-state index contributed by atoms with van der Waals surface area (Å²) < 4.78 is 0. The van der Waals surface area contributed by atoms with E-state index in [-0.39, 0.29) is 0 Å². The standard InChI is InChI=1S/C9H12N2/c1-5-10-8-2-6-11-9(3-4-9)7(1)8/h1,5,10-11H,2-4,6H2. The van der Waals surface area contributed by atoms with Crippen LogP contribution in [0.2, 0.25) is 0 Å². The van der Waals surface area contributed by atoms with E-state index in [1.54, 1.807) is 0 Å². The molecule has 1 aromatic heterocycles. The lowest BCUT2D eigenvalue weighted by Gasteiger charge is -2.23. The Morgan fingerprint density at radius 3 is 3.09 bits per heavy atom. The number of aromatic amines is 1. The molecule has 1 spiro atoms. The van der Waals surface area contributed by atoms with Gasteiger partial charge in [0.1, 0.15) is 0 Å². The molecule has 0 saturated heterocycles. The second-order valence-electron chi connectivity index (χ2n) is 3.63. The van der Waals surface area contributed by atoms with Crippen LogP contribution in [0.5, 0.6) is 0 Å². The molecule has 1 saturated carbocycles. The quantitative estimate of drug-likeness (QED) is 0.567. The minimum atomic E-state index is 0.410. The summed E-state index contributed by atoms with van der Waals surface area (Å²) in [5.74, 6) is 0. The van der Waals surface area contributed by atoms with E-state index in [9.17, 15) is 0 Å². The summed E-state index contributed by atoms with van der Waals surface area (Å²) in [6, 6.07) is 2.23. The molecule has 11 heavy (non-hydrogen) atoms. The topological polar surface area (TPSA) is 27.8 Å². The van der Waals surface area contributed by atoms with Crippen LogP contribution in [-0.2, 0) is 12.0 Å². The predicted molar refractivity (Wildman–Crippen MR) is 43.4 cm³/mol. The third-order valence-corrected chi connectivity index (χ3v) is 2.94. The molecular formula is C9H12N2. The zero-order valence-corrected chi connectivity index (χ0v) is 6.48. The normalized spacial score (nSPS) is 25.1. The molecule has 2 aliphatic rings. The highest BCUT2D eigenvalue weighted by atomic mass is 15.0. The molecule has 2 heteroatoms. The molecule has 1 aliphatic carbocycles. The molecule has 0 bridgehead atoms. The summed E-state index contributed by atoms with van der Waals surface area (Å²) >= 11 is 0. The van der Waals surface area contributed by atoms with E-state index in [2.05, 4.69) is 22.6 Å². The SMILES string of the molecule is c1cc2c([nH]1)CCNC21CC1. The van der Waals surface area contributed by atoms with E-state index < -0.39 is 0 Å². The highest BCUT2D eigenvalue weighted by Gasteiger charge is 2.47. The first kappa shape index (κ1) is 5.84. The van der Waals surface area contributed by atoms with Crippen molar-refractivity contribution < 1.29 is 0 Å². The van der Waals surface area contributed by atoms with Crippen LogP contribution in [-0.4, -0.2) is 11.5 Å². The predicted octanol–water partition coefficient (Wildman–Crippen LogP) is 1.15. The van der Waals surface area contributed by atoms with Gasteiger partial charge in [0.05, 0.1) is 0 Å². The van der Waals surface area contributed by atoms with E-state index in [0.29, 0.717) is 5.54 Å². The van der Waals surface area contributed by atoms with Gasteiger partial charge in [0.25, 0.3) is 0 Å².